The van der Waals surface area contributed by atoms with Crippen molar-refractivity contribution in [3.8, 4) is 16.9 Å². The SMILES string of the molecule is CNc1ncc(-c2ccc3c(c2)CN(c2ncnc(Cl)c2C)CCO3)cc1N. The highest BCUT2D eigenvalue weighted by Gasteiger charge is 2.20. The summed E-state index contributed by atoms with van der Waals surface area (Å²) in [6.45, 7) is 3.87. The van der Waals surface area contributed by atoms with E-state index >= 15 is 0 Å². The highest BCUT2D eigenvalue weighted by molar-refractivity contribution is 6.30. The van der Waals surface area contributed by atoms with Crippen molar-refractivity contribution in [2.24, 2.45) is 0 Å². The Kier molecular flexibility index (Phi) is 4.92. The maximum absolute atomic E-state index is 6.19. The first-order chi connectivity index (χ1) is 13.6. The highest BCUT2D eigenvalue weighted by Crippen LogP contribution is 2.33. The molecule has 0 spiro atoms. The fraction of sp³-hybridized carbons (Fsp3) is 0.250. The van der Waals surface area contributed by atoms with Crippen molar-refractivity contribution in [2.45, 2.75) is 13.5 Å². The van der Waals surface area contributed by atoms with Gasteiger partial charge in [0, 0.05) is 36.5 Å². The Balaban J connectivity index is 1.69. The van der Waals surface area contributed by atoms with E-state index in [0.29, 0.717) is 36.4 Å². The van der Waals surface area contributed by atoms with Gasteiger partial charge in [-0.25, -0.2) is 15.0 Å². The Labute approximate surface area is 168 Å². The molecule has 3 aromatic rings. The van der Waals surface area contributed by atoms with Crippen LogP contribution in [0.5, 0.6) is 5.75 Å². The van der Waals surface area contributed by atoms with Crippen molar-refractivity contribution in [3.05, 3.63) is 53.1 Å². The van der Waals surface area contributed by atoms with E-state index in [0.717, 1.165) is 33.8 Å². The van der Waals surface area contributed by atoms with Crippen LogP contribution >= 0.6 is 11.6 Å². The Morgan fingerprint density at radius 1 is 1.18 bits per heavy atom. The quantitative estimate of drug-likeness (QED) is 0.654. The average molecular weight is 397 g/mol. The van der Waals surface area contributed by atoms with Gasteiger partial charge in [-0.05, 0) is 30.7 Å². The lowest BCUT2D eigenvalue weighted by molar-refractivity contribution is 0.331. The third-order valence-electron chi connectivity index (χ3n) is 4.82. The average Bonchev–Trinajstić information content (AvgIpc) is 2.91. The van der Waals surface area contributed by atoms with E-state index in [1.807, 2.05) is 31.3 Å². The lowest BCUT2D eigenvalue weighted by Crippen LogP contribution is -2.27. The number of ether oxygens (including phenoxy) is 1. The Bertz CT molecular complexity index is 1030. The smallest absolute Gasteiger partial charge is 0.148 e. The predicted molar refractivity (Wildman–Crippen MR) is 112 cm³/mol. The number of nitrogen functional groups attached to an aromatic ring is 1. The second kappa shape index (κ2) is 7.52. The number of nitrogens with zero attached hydrogens (tertiary/aromatic N) is 4. The predicted octanol–water partition coefficient (Wildman–Crippen LogP) is 3.52. The molecule has 2 aromatic heterocycles. The molecule has 1 aliphatic rings. The number of nitrogens with one attached hydrogen (secondary N) is 1. The molecule has 0 aliphatic carbocycles. The number of anilines is 3. The van der Waals surface area contributed by atoms with Crippen LogP contribution < -0.4 is 20.7 Å². The molecule has 1 aromatic carbocycles. The summed E-state index contributed by atoms with van der Waals surface area (Å²) in [5.74, 6) is 2.37. The van der Waals surface area contributed by atoms with Crippen LogP contribution in [0.2, 0.25) is 5.15 Å². The van der Waals surface area contributed by atoms with Crippen molar-refractivity contribution in [1.82, 2.24) is 15.0 Å². The van der Waals surface area contributed by atoms with Gasteiger partial charge in [-0.15, -0.1) is 0 Å². The van der Waals surface area contributed by atoms with E-state index < -0.39 is 0 Å². The van der Waals surface area contributed by atoms with Crippen LogP contribution in [-0.4, -0.2) is 35.2 Å². The van der Waals surface area contributed by atoms with Crippen LogP contribution in [0.1, 0.15) is 11.1 Å². The number of hydrogen-bond donors (Lipinski definition) is 2. The third-order valence-corrected chi connectivity index (χ3v) is 5.20. The summed E-state index contributed by atoms with van der Waals surface area (Å²) >= 11 is 6.19. The molecule has 8 heteroatoms. The molecule has 4 rings (SSSR count). The van der Waals surface area contributed by atoms with Crippen molar-refractivity contribution in [1.29, 1.82) is 0 Å². The molecule has 0 unspecified atom stereocenters. The summed E-state index contributed by atoms with van der Waals surface area (Å²) in [4.78, 5) is 15.0. The van der Waals surface area contributed by atoms with Gasteiger partial charge in [0.05, 0.1) is 12.2 Å². The second-order valence-corrected chi connectivity index (χ2v) is 6.98. The van der Waals surface area contributed by atoms with E-state index in [1.165, 1.54) is 6.33 Å². The minimum atomic E-state index is 0.468. The zero-order valence-corrected chi connectivity index (χ0v) is 16.5. The molecule has 28 heavy (non-hydrogen) atoms. The van der Waals surface area contributed by atoms with E-state index in [2.05, 4.69) is 31.2 Å². The molecule has 0 radical (unpaired) electrons. The van der Waals surface area contributed by atoms with Gasteiger partial charge < -0.3 is 20.7 Å². The number of benzene rings is 1. The van der Waals surface area contributed by atoms with Crippen LogP contribution in [0.15, 0.2) is 36.8 Å². The Morgan fingerprint density at radius 2 is 2.04 bits per heavy atom. The number of hydrogen-bond acceptors (Lipinski definition) is 7. The maximum atomic E-state index is 6.19. The zero-order valence-electron chi connectivity index (χ0n) is 15.7. The molecular weight excluding hydrogens is 376 g/mol. The van der Waals surface area contributed by atoms with Gasteiger partial charge >= 0.3 is 0 Å². The minimum Gasteiger partial charge on any atom is -0.491 e. The van der Waals surface area contributed by atoms with E-state index in [1.54, 1.807) is 7.05 Å². The van der Waals surface area contributed by atoms with E-state index in [9.17, 15) is 0 Å². The zero-order chi connectivity index (χ0) is 19.7. The van der Waals surface area contributed by atoms with E-state index in [-0.39, 0.29) is 0 Å². The molecular formula is C20H21ClN6O. The van der Waals surface area contributed by atoms with Crippen LogP contribution in [0, 0.1) is 6.92 Å². The largest absolute Gasteiger partial charge is 0.491 e. The van der Waals surface area contributed by atoms with Gasteiger partial charge in [-0.1, -0.05) is 17.7 Å². The molecule has 0 saturated carbocycles. The monoisotopic (exact) mass is 396 g/mol. The van der Waals surface area contributed by atoms with Gasteiger partial charge in [-0.2, -0.15) is 0 Å². The topological polar surface area (TPSA) is 89.2 Å². The van der Waals surface area contributed by atoms with Gasteiger partial charge in [0.1, 0.15) is 35.5 Å². The van der Waals surface area contributed by atoms with Crippen molar-refractivity contribution < 1.29 is 4.74 Å². The first-order valence-corrected chi connectivity index (χ1v) is 9.36. The van der Waals surface area contributed by atoms with Crippen LogP contribution in [0.25, 0.3) is 11.1 Å². The van der Waals surface area contributed by atoms with E-state index in [4.69, 9.17) is 22.1 Å². The number of nitrogens with two attached hydrogens (primary N) is 1. The van der Waals surface area contributed by atoms with Crippen LogP contribution in [0.4, 0.5) is 17.3 Å². The highest BCUT2D eigenvalue weighted by atomic mass is 35.5. The Hall–Kier alpha value is -3.06. The van der Waals surface area contributed by atoms with Crippen molar-refractivity contribution in [2.75, 3.05) is 36.1 Å². The van der Waals surface area contributed by atoms with Crippen molar-refractivity contribution >= 4 is 28.9 Å². The first kappa shape index (κ1) is 18.3. The van der Waals surface area contributed by atoms with Gasteiger partial charge in [0.15, 0.2) is 0 Å². The molecule has 3 N–H and O–H groups in total. The number of rotatable bonds is 3. The number of aromatic nitrogens is 3. The molecule has 0 atom stereocenters. The maximum Gasteiger partial charge on any atom is 0.148 e. The molecule has 0 saturated heterocycles. The lowest BCUT2D eigenvalue weighted by Gasteiger charge is -2.22. The fourth-order valence-corrected chi connectivity index (χ4v) is 3.47. The van der Waals surface area contributed by atoms with Crippen LogP contribution in [0.3, 0.4) is 0 Å². The summed E-state index contributed by atoms with van der Waals surface area (Å²) < 4.78 is 5.95. The molecule has 3 heterocycles. The molecule has 1 aliphatic heterocycles. The number of halogens is 1. The lowest BCUT2D eigenvalue weighted by atomic mass is 10.0. The summed E-state index contributed by atoms with van der Waals surface area (Å²) in [6, 6.07) is 8.05. The summed E-state index contributed by atoms with van der Waals surface area (Å²) in [5, 5.41) is 3.45. The van der Waals surface area contributed by atoms with Gasteiger partial charge in [-0.3, -0.25) is 0 Å². The minimum absolute atomic E-state index is 0.468. The summed E-state index contributed by atoms with van der Waals surface area (Å²) in [5.41, 5.74) is 10.6. The van der Waals surface area contributed by atoms with Gasteiger partial charge in [0.25, 0.3) is 0 Å². The molecule has 0 amide bonds. The second-order valence-electron chi connectivity index (χ2n) is 6.62. The Morgan fingerprint density at radius 3 is 2.82 bits per heavy atom. The third kappa shape index (κ3) is 3.41. The summed E-state index contributed by atoms with van der Waals surface area (Å²) in [7, 11) is 1.80. The number of pyridine rings is 1. The van der Waals surface area contributed by atoms with Gasteiger partial charge in [0.2, 0.25) is 0 Å². The molecule has 7 nitrogen and oxygen atoms in total. The van der Waals surface area contributed by atoms with Crippen LogP contribution in [-0.2, 0) is 6.54 Å². The summed E-state index contributed by atoms with van der Waals surface area (Å²) in [6.07, 6.45) is 3.30. The molecule has 0 bridgehead atoms. The standard InChI is InChI=1S/C20H21ClN6O/c1-12-18(21)25-11-26-20(12)27-5-6-28-17-4-3-13(7-15(17)10-27)14-8-16(22)19(23-2)24-9-14/h3-4,7-9,11H,5-6,10,22H2,1-2H3,(H,23,24). The fourth-order valence-electron chi connectivity index (χ4n) is 3.34. The van der Waals surface area contributed by atoms with Crippen molar-refractivity contribution in [3.63, 3.8) is 0 Å². The molecule has 0 fully saturated rings. The molecule has 144 valence electrons. The normalized spacial score (nSPS) is 13.5. The number of fused-ring (bicyclic) bond motifs is 1. The first-order valence-electron chi connectivity index (χ1n) is 8.98.